The molecule has 9 heteroatoms. The second kappa shape index (κ2) is 10.5. The zero-order valence-electron chi connectivity index (χ0n) is 19.2. The van der Waals surface area contributed by atoms with Gasteiger partial charge in [0.25, 0.3) is 5.91 Å². The van der Waals surface area contributed by atoms with Gasteiger partial charge in [-0.05, 0) is 74.4 Å². The Labute approximate surface area is 206 Å². The first kappa shape index (κ1) is 24.7. The average molecular weight is 504 g/mol. The summed E-state index contributed by atoms with van der Waals surface area (Å²) in [5.41, 5.74) is 1.39. The van der Waals surface area contributed by atoms with Gasteiger partial charge in [-0.2, -0.15) is 4.31 Å². The predicted molar refractivity (Wildman–Crippen MR) is 131 cm³/mol. The number of piperidine rings is 1. The SMILES string of the molecule is Cc1ccccc1C(=O)NC(C(=O)N1CCCC1)C1CCN(S(=O)(=O)c2ccc(Cl)cc2)CC1. The quantitative estimate of drug-likeness (QED) is 0.654. The van der Waals surface area contributed by atoms with Crippen molar-refractivity contribution in [3.63, 3.8) is 0 Å². The van der Waals surface area contributed by atoms with E-state index in [4.69, 9.17) is 11.6 Å². The Balaban J connectivity index is 1.50. The number of nitrogens with zero attached hydrogens (tertiary/aromatic N) is 2. The molecule has 2 fully saturated rings. The maximum atomic E-state index is 13.4. The summed E-state index contributed by atoms with van der Waals surface area (Å²) < 4.78 is 27.6. The lowest BCUT2D eigenvalue weighted by Gasteiger charge is -2.36. The fourth-order valence-electron chi connectivity index (χ4n) is 4.77. The highest BCUT2D eigenvalue weighted by Gasteiger charge is 2.38. The molecule has 1 unspecified atom stereocenters. The zero-order valence-corrected chi connectivity index (χ0v) is 20.8. The Morgan fingerprint density at radius 2 is 1.59 bits per heavy atom. The third kappa shape index (κ3) is 5.29. The number of carbonyl (C=O) groups excluding carboxylic acids is 2. The minimum Gasteiger partial charge on any atom is -0.341 e. The third-order valence-electron chi connectivity index (χ3n) is 6.78. The number of sulfonamides is 1. The van der Waals surface area contributed by atoms with Crippen molar-refractivity contribution in [1.29, 1.82) is 0 Å². The number of hydrogen-bond donors (Lipinski definition) is 1. The summed E-state index contributed by atoms with van der Waals surface area (Å²) in [5, 5.41) is 3.48. The highest BCUT2D eigenvalue weighted by atomic mass is 35.5. The number of aryl methyl sites for hydroxylation is 1. The van der Waals surface area contributed by atoms with Crippen LogP contribution in [0.3, 0.4) is 0 Å². The van der Waals surface area contributed by atoms with Crippen LogP contribution < -0.4 is 5.32 Å². The molecule has 182 valence electrons. The molecule has 34 heavy (non-hydrogen) atoms. The lowest BCUT2D eigenvalue weighted by molar-refractivity contribution is -0.133. The number of hydrogen-bond acceptors (Lipinski definition) is 4. The van der Waals surface area contributed by atoms with Gasteiger partial charge in [0.1, 0.15) is 6.04 Å². The summed E-state index contributed by atoms with van der Waals surface area (Å²) >= 11 is 5.90. The third-order valence-corrected chi connectivity index (χ3v) is 8.95. The van der Waals surface area contributed by atoms with Gasteiger partial charge < -0.3 is 10.2 Å². The number of rotatable bonds is 6. The molecule has 2 amide bonds. The summed E-state index contributed by atoms with van der Waals surface area (Å²) in [6.07, 6.45) is 2.90. The van der Waals surface area contributed by atoms with Gasteiger partial charge in [-0.25, -0.2) is 8.42 Å². The van der Waals surface area contributed by atoms with E-state index in [1.165, 1.54) is 16.4 Å². The van der Waals surface area contributed by atoms with Gasteiger partial charge in [-0.1, -0.05) is 29.8 Å². The number of likely N-dealkylation sites (tertiary alicyclic amines) is 1. The van der Waals surface area contributed by atoms with Crippen molar-refractivity contribution in [3.05, 3.63) is 64.7 Å². The number of benzene rings is 2. The van der Waals surface area contributed by atoms with E-state index in [0.717, 1.165) is 18.4 Å². The summed E-state index contributed by atoms with van der Waals surface area (Å²) in [6, 6.07) is 12.8. The van der Waals surface area contributed by atoms with E-state index in [1.807, 2.05) is 24.0 Å². The van der Waals surface area contributed by atoms with Gasteiger partial charge in [0.15, 0.2) is 0 Å². The molecule has 0 bridgehead atoms. The molecule has 0 radical (unpaired) electrons. The molecule has 2 aromatic rings. The van der Waals surface area contributed by atoms with Crippen molar-refractivity contribution in [2.24, 2.45) is 5.92 Å². The molecular weight excluding hydrogens is 474 g/mol. The van der Waals surface area contributed by atoms with Crippen LogP contribution in [0.2, 0.25) is 5.02 Å². The molecule has 2 saturated heterocycles. The maximum absolute atomic E-state index is 13.4. The van der Waals surface area contributed by atoms with E-state index in [2.05, 4.69) is 5.32 Å². The van der Waals surface area contributed by atoms with Crippen LogP contribution in [-0.4, -0.2) is 61.7 Å². The molecule has 0 aromatic heterocycles. The zero-order chi connectivity index (χ0) is 24.3. The normalized spacial score (nSPS) is 18.6. The molecule has 1 atom stereocenters. The van der Waals surface area contributed by atoms with E-state index in [9.17, 15) is 18.0 Å². The fraction of sp³-hybridized carbons (Fsp3) is 0.440. The Morgan fingerprint density at radius 1 is 0.971 bits per heavy atom. The van der Waals surface area contributed by atoms with Crippen molar-refractivity contribution in [3.8, 4) is 0 Å². The standard InChI is InChI=1S/C25H30ClN3O4S/c1-18-6-2-3-7-22(18)24(30)27-23(25(31)28-14-4-5-15-28)19-12-16-29(17-13-19)34(32,33)21-10-8-20(26)9-11-21/h2-3,6-11,19,23H,4-5,12-17H2,1H3,(H,27,30). The lowest BCUT2D eigenvalue weighted by atomic mass is 9.89. The van der Waals surface area contributed by atoms with Crippen LogP contribution in [0.25, 0.3) is 0 Å². The summed E-state index contributed by atoms with van der Waals surface area (Å²) in [5.74, 6) is -0.483. The molecule has 0 aliphatic carbocycles. The molecule has 2 aliphatic rings. The molecule has 4 rings (SSSR count). The van der Waals surface area contributed by atoms with E-state index in [0.29, 0.717) is 49.6 Å². The number of carbonyl (C=O) groups is 2. The minimum atomic E-state index is -3.64. The molecule has 1 N–H and O–H groups in total. The second-order valence-corrected chi connectivity index (χ2v) is 11.4. The number of halogens is 1. The summed E-state index contributed by atoms with van der Waals surface area (Å²) in [4.78, 5) is 28.5. The van der Waals surface area contributed by atoms with Crippen LogP contribution in [-0.2, 0) is 14.8 Å². The molecule has 2 heterocycles. The Morgan fingerprint density at radius 3 is 2.21 bits per heavy atom. The van der Waals surface area contributed by atoms with Crippen molar-refractivity contribution >= 4 is 33.4 Å². The summed E-state index contributed by atoms with van der Waals surface area (Å²) in [6.45, 7) is 3.84. The highest BCUT2D eigenvalue weighted by molar-refractivity contribution is 7.89. The van der Waals surface area contributed by atoms with Crippen molar-refractivity contribution in [2.45, 2.75) is 43.5 Å². The van der Waals surface area contributed by atoms with E-state index >= 15 is 0 Å². The van der Waals surface area contributed by atoms with Crippen LogP contribution in [0.4, 0.5) is 0 Å². The van der Waals surface area contributed by atoms with Crippen LogP contribution in [0.1, 0.15) is 41.6 Å². The maximum Gasteiger partial charge on any atom is 0.252 e. The van der Waals surface area contributed by atoms with E-state index in [-0.39, 0.29) is 22.6 Å². The highest BCUT2D eigenvalue weighted by Crippen LogP contribution is 2.28. The molecule has 0 spiro atoms. The number of nitrogens with one attached hydrogen (secondary N) is 1. The molecule has 2 aliphatic heterocycles. The first-order valence-electron chi connectivity index (χ1n) is 11.7. The first-order chi connectivity index (χ1) is 16.3. The largest absolute Gasteiger partial charge is 0.341 e. The van der Waals surface area contributed by atoms with E-state index in [1.54, 1.807) is 24.3 Å². The topological polar surface area (TPSA) is 86.8 Å². The van der Waals surface area contributed by atoms with Gasteiger partial charge in [-0.15, -0.1) is 0 Å². The molecule has 0 saturated carbocycles. The average Bonchev–Trinajstić information content (AvgIpc) is 3.38. The Bertz CT molecular complexity index is 1140. The molecule has 2 aromatic carbocycles. The minimum absolute atomic E-state index is 0.0709. The van der Waals surface area contributed by atoms with Gasteiger partial charge in [0, 0.05) is 36.8 Å². The summed E-state index contributed by atoms with van der Waals surface area (Å²) in [7, 11) is -3.64. The van der Waals surface area contributed by atoms with Gasteiger partial charge >= 0.3 is 0 Å². The van der Waals surface area contributed by atoms with Crippen molar-refractivity contribution < 1.29 is 18.0 Å². The van der Waals surface area contributed by atoms with Gasteiger partial charge in [-0.3, -0.25) is 9.59 Å². The Kier molecular flexibility index (Phi) is 7.60. The number of amides is 2. The van der Waals surface area contributed by atoms with Crippen molar-refractivity contribution in [2.75, 3.05) is 26.2 Å². The predicted octanol–water partition coefficient (Wildman–Crippen LogP) is 3.47. The fourth-order valence-corrected chi connectivity index (χ4v) is 6.36. The van der Waals surface area contributed by atoms with Crippen molar-refractivity contribution in [1.82, 2.24) is 14.5 Å². The lowest BCUT2D eigenvalue weighted by Crippen LogP contribution is -2.54. The second-order valence-electron chi connectivity index (χ2n) is 8.99. The van der Waals surface area contributed by atoms with Crippen LogP contribution in [0, 0.1) is 12.8 Å². The van der Waals surface area contributed by atoms with Gasteiger partial charge in [0.05, 0.1) is 4.90 Å². The smallest absolute Gasteiger partial charge is 0.252 e. The van der Waals surface area contributed by atoms with Crippen LogP contribution >= 0.6 is 11.6 Å². The molecule has 7 nitrogen and oxygen atoms in total. The first-order valence-corrected chi connectivity index (χ1v) is 13.5. The van der Waals surface area contributed by atoms with Crippen LogP contribution in [0.5, 0.6) is 0 Å². The van der Waals surface area contributed by atoms with Crippen LogP contribution in [0.15, 0.2) is 53.4 Å². The molecular formula is C25H30ClN3O4S. The Hall–Kier alpha value is -2.42. The van der Waals surface area contributed by atoms with Gasteiger partial charge in [0.2, 0.25) is 15.9 Å². The van der Waals surface area contributed by atoms with E-state index < -0.39 is 16.1 Å². The monoisotopic (exact) mass is 503 g/mol.